The Bertz CT molecular complexity index is 1120. The molecule has 1 aliphatic rings. The lowest BCUT2D eigenvalue weighted by Crippen LogP contribution is -2.46. The summed E-state index contributed by atoms with van der Waals surface area (Å²) in [4.78, 5) is 24.9. The van der Waals surface area contributed by atoms with Crippen LogP contribution >= 0.6 is 0 Å². The molecule has 2 aromatic carbocycles. The predicted molar refractivity (Wildman–Crippen MR) is 131 cm³/mol. The Hall–Kier alpha value is -4.00. The van der Waals surface area contributed by atoms with E-state index in [0.717, 1.165) is 26.2 Å². The van der Waals surface area contributed by atoms with Crippen LogP contribution in [0.25, 0.3) is 11.5 Å². The van der Waals surface area contributed by atoms with E-state index in [9.17, 15) is 9.59 Å². The number of aromatic nitrogens is 2. The smallest absolute Gasteiger partial charge is 0.409 e. The van der Waals surface area contributed by atoms with E-state index in [2.05, 4.69) is 20.8 Å². The summed E-state index contributed by atoms with van der Waals surface area (Å²) in [6.45, 7) is 5.55. The molecule has 36 heavy (non-hydrogen) atoms. The number of nitrogens with one attached hydrogen (secondary N) is 2. The highest BCUT2D eigenvalue weighted by Gasteiger charge is 2.16. The fourth-order valence-corrected chi connectivity index (χ4v) is 3.16. The summed E-state index contributed by atoms with van der Waals surface area (Å²) in [6.07, 6.45) is -1.77. The van der Waals surface area contributed by atoms with Crippen molar-refractivity contribution in [1.82, 2.24) is 20.4 Å². The molecule has 4 N–H and O–H groups in total. The number of amides is 2. The molecule has 1 fully saturated rings. The lowest BCUT2D eigenvalue weighted by atomic mass is 10.1. The van der Waals surface area contributed by atoms with Crippen molar-refractivity contribution in [3.05, 3.63) is 59.7 Å². The molecule has 0 saturated carbocycles. The minimum Gasteiger partial charge on any atom is -0.497 e. The van der Waals surface area contributed by atoms with E-state index in [1.807, 2.05) is 6.92 Å². The summed E-state index contributed by atoms with van der Waals surface area (Å²) in [7, 11) is 1.57. The number of hydrogen-bond acceptors (Lipinski definition) is 10. The number of piperazine rings is 1. The zero-order valence-corrected chi connectivity index (χ0v) is 20.0. The van der Waals surface area contributed by atoms with Crippen LogP contribution in [-0.2, 0) is 4.74 Å². The highest BCUT2D eigenvalue weighted by atomic mass is 16.6. The van der Waals surface area contributed by atoms with Crippen molar-refractivity contribution in [3.63, 3.8) is 0 Å². The molecule has 3 aromatic rings. The van der Waals surface area contributed by atoms with Crippen LogP contribution < -0.4 is 15.4 Å². The Labute approximate surface area is 209 Å². The van der Waals surface area contributed by atoms with Crippen molar-refractivity contribution in [2.45, 2.75) is 13.2 Å². The van der Waals surface area contributed by atoms with Gasteiger partial charge in [-0.3, -0.25) is 10.1 Å². The number of aliphatic hydroxyl groups is 2. The van der Waals surface area contributed by atoms with Gasteiger partial charge in [-0.15, -0.1) is 5.10 Å². The van der Waals surface area contributed by atoms with Crippen molar-refractivity contribution < 1.29 is 35.1 Å². The zero-order valence-electron chi connectivity index (χ0n) is 20.0. The number of nitrogens with zero attached hydrogens (tertiary/aromatic N) is 3. The summed E-state index contributed by atoms with van der Waals surface area (Å²) >= 11 is 0. The molecule has 2 amide bonds. The molecule has 1 saturated heterocycles. The van der Waals surface area contributed by atoms with Gasteiger partial charge in [0.2, 0.25) is 5.89 Å². The van der Waals surface area contributed by atoms with Crippen LogP contribution in [0.1, 0.15) is 30.6 Å². The van der Waals surface area contributed by atoms with Crippen molar-refractivity contribution in [3.8, 4) is 17.2 Å². The fourth-order valence-electron chi connectivity index (χ4n) is 3.16. The van der Waals surface area contributed by atoms with Crippen molar-refractivity contribution in [2.24, 2.45) is 0 Å². The molecule has 0 aliphatic carbocycles. The number of methoxy groups -OCH3 is 1. The average molecular weight is 502 g/mol. The third kappa shape index (κ3) is 7.50. The van der Waals surface area contributed by atoms with Gasteiger partial charge < -0.3 is 34.3 Å². The second-order valence-corrected chi connectivity index (χ2v) is 7.53. The van der Waals surface area contributed by atoms with Gasteiger partial charge in [0.25, 0.3) is 5.91 Å². The van der Waals surface area contributed by atoms with Gasteiger partial charge in [0.15, 0.2) is 6.29 Å². The number of benzene rings is 2. The standard InChI is InChI=1S/C17H15N3O5.C7H14N2O2.H2/c1-24-13-8-6-11(7-9-13)15-19-20-17(25-15)18-14(21)10-2-4-12(5-3-10)16(22)23;1-2-11-7(10)9-5-3-8-4-6-9;/h2-9,16,22-23H,1H3,(H,18,20,21);8H,2-6H2,1H3;1H. The molecule has 2 heterocycles. The fraction of sp³-hybridized carbons (Fsp3) is 0.333. The van der Waals surface area contributed by atoms with Crippen molar-refractivity contribution >= 4 is 18.0 Å². The van der Waals surface area contributed by atoms with Crippen LogP contribution in [0.5, 0.6) is 5.75 Å². The lowest BCUT2D eigenvalue weighted by molar-refractivity contribution is -0.0425. The van der Waals surface area contributed by atoms with Crippen LogP contribution in [-0.4, -0.2) is 77.2 Å². The van der Waals surface area contributed by atoms with E-state index in [1.54, 1.807) is 36.3 Å². The van der Waals surface area contributed by atoms with Crippen LogP contribution in [0.3, 0.4) is 0 Å². The number of ether oxygens (including phenoxy) is 2. The van der Waals surface area contributed by atoms with Crippen LogP contribution in [0.4, 0.5) is 10.8 Å². The van der Waals surface area contributed by atoms with E-state index in [0.29, 0.717) is 23.5 Å². The SMILES string of the molecule is CCOC(=O)N1CCNCC1.COc1ccc(-c2nnc(NC(=O)c3ccc(C(O)O)cc3)o2)cc1.[HH]. The molecule has 0 spiro atoms. The minimum atomic E-state index is -1.58. The zero-order chi connectivity index (χ0) is 25.9. The summed E-state index contributed by atoms with van der Waals surface area (Å²) in [5.41, 5.74) is 1.29. The number of carbonyl (C=O) groups is 2. The van der Waals surface area contributed by atoms with Gasteiger partial charge in [-0.1, -0.05) is 17.2 Å². The summed E-state index contributed by atoms with van der Waals surface area (Å²) < 4.78 is 15.3. The lowest BCUT2D eigenvalue weighted by Gasteiger charge is -2.26. The maximum absolute atomic E-state index is 12.1. The van der Waals surface area contributed by atoms with Gasteiger partial charge in [-0.25, -0.2) is 4.79 Å². The first-order chi connectivity index (χ1) is 17.4. The molecule has 0 unspecified atom stereocenters. The number of rotatable bonds is 6. The molecule has 1 aromatic heterocycles. The Kier molecular flexibility index (Phi) is 9.74. The molecule has 0 radical (unpaired) electrons. The predicted octanol–water partition coefficient (Wildman–Crippen LogP) is 2.27. The molecule has 12 nitrogen and oxygen atoms in total. The first kappa shape index (κ1) is 26.6. The number of carbonyl (C=O) groups excluding carboxylic acids is 2. The molecular formula is C24H31N5O7. The highest BCUT2D eigenvalue weighted by molar-refractivity contribution is 6.03. The maximum atomic E-state index is 12.1. The second-order valence-electron chi connectivity index (χ2n) is 7.53. The average Bonchev–Trinajstić information content (AvgIpc) is 3.38. The molecule has 0 atom stereocenters. The Morgan fingerprint density at radius 1 is 1.11 bits per heavy atom. The molecular weight excluding hydrogens is 470 g/mol. The number of hydrogen-bond donors (Lipinski definition) is 4. The Morgan fingerprint density at radius 3 is 2.36 bits per heavy atom. The Balaban J connectivity index is 0.000000339. The van der Waals surface area contributed by atoms with Crippen LogP contribution in [0.2, 0.25) is 0 Å². The van der Waals surface area contributed by atoms with E-state index in [4.69, 9.17) is 24.1 Å². The third-order valence-corrected chi connectivity index (χ3v) is 5.10. The van der Waals surface area contributed by atoms with Gasteiger partial charge in [0.1, 0.15) is 5.75 Å². The molecule has 4 rings (SSSR count). The number of anilines is 1. The van der Waals surface area contributed by atoms with Gasteiger partial charge in [0, 0.05) is 44.3 Å². The van der Waals surface area contributed by atoms with E-state index in [-0.39, 0.29) is 25.0 Å². The van der Waals surface area contributed by atoms with E-state index in [1.165, 1.54) is 24.3 Å². The van der Waals surface area contributed by atoms with E-state index >= 15 is 0 Å². The highest BCUT2D eigenvalue weighted by Crippen LogP contribution is 2.22. The minimum absolute atomic E-state index is 0. The summed E-state index contributed by atoms with van der Waals surface area (Å²) in [6, 6.07) is 12.8. The third-order valence-electron chi connectivity index (χ3n) is 5.10. The quantitative estimate of drug-likeness (QED) is 0.369. The second kappa shape index (κ2) is 13.2. The van der Waals surface area contributed by atoms with E-state index < -0.39 is 12.2 Å². The summed E-state index contributed by atoms with van der Waals surface area (Å²) in [5, 5.41) is 31.4. The van der Waals surface area contributed by atoms with Gasteiger partial charge in [-0.05, 0) is 43.3 Å². The molecule has 194 valence electrons. The molecule has 1 aliphatic heterocycles. The van der Waals surface area contributed by atoms with Gasteiger partial charge >= 0.3 is 12.1 Å². The monoisotopic (exact) mass is 501 g/mol. The largest absolute Gasteiger partial charge is 0.497 e. The number of aliphatic hydroxyl groups excluding tert-OH is 1. The molecule has 12 heteroatoms. The van der Waals surface area contributed by atoms with Crippen LogP contribution in [0, 0.1) is 0 Å². The normalized spacial score (nSPS) is 13.0. The topological polar surface area (TPSA) is 159 Å². The Morgan fingerprint density at radius 2 is 1.78 bits per heavy atom. The van der Waals surface area contributed by atoms with Crippen LogP contribution in [0.15, 0.2) is 52.9 Å². The van der Waals surface area contributed by atoms with Crippen molar-refractivity contribution in [2.75, 3.05) is 45.2 Å². The van der Waals surface area contributed by atoms with Gasteiger partial charge in [-0.2, -0.15) is 0 Å². The molecule has 0 bridgehead atoms. The maximum Gasteiger partial charge on any atom is 0.409 e. The summed E-state index contributed by atoms with van der Waals surface area (Å²) in [5.74, 6) is 0.508. The van der Waals surface area contributed by atoms with Gasteiger partial charge in [0.05, 0.1) is 13.7 Å². The first-order valence-electron chi connectivity index (χ1n) is 11.3. The van der Waals surface area contributed by atoms with Crippen molar-refractivity contribution in [1.29, 1.82) is 0 Å². The first-order valence-corrected chi connectivity index (χ1v) is 11.3.